The van der Waals surface area contributed by atoms with Gasteiger partial charge in [0.2, 0.25) is 0 Å². The minimum Gasteiger partial charge on any atom is -0.478 e. The lowest BCUT2D eigenvalue weighted by Gasteiger charge is -2.15. The second kappa shape index (κ2) is 8.63. The third kappa shape index (κ3) is 4.29. The lowest BCUT2D eigenvalue weighted by molar-refractivity contribution is 0.0694. The average Bonchev–Trinajstić information content (AvgIpc) is 2.91. The van der Waals surface area contributed by atoms with E-state index in [1.54, 1.807) is 0 Å². The van der Waals surface area contributed by atoms with Crippen molar-refractivity contribution in [3.8, 4) is 0 Å². The molecular formula is C23H25ClN2O2. The van der Waals surface area contributed by atoms with Gasteiger partial charge in [-0.2, -0.15) is 0 Å². The molecule has 0 bridgehead atoms. The minimum atomic E-state index is -0.894. The van der Waals surface area contributed by atoms with E-state index in [-0.39, 0.29) is 6.04 Å². The van der Waals surface area contributed by atoms with Crippen LogP contribution in [0.5, 0.6) is 0 Å². The molecule has 3 rings (SSSR count). The second-order valence-electron chi connectivity index (χ2n) is 7.06. The van der Waals surface area contributed by atoms with Gasteiger partial charge in [-0.3, -0.25) is 0 Å². The number of hydrogen-bond donors (Lipinski definition) is 2. The van der Waals surface area contributed by atoms with Crippen LogP contribution in [-0.2, 0) is 13.1 Å². The highest BCUT2D eigenvalue weighted by molar-refractivity contribution is 6.30. The smallest absolute Gasteiger partial charge is 0.337 e. The van der Waals surface area contributed by atoms with E-state index in [0.717, 1.165) is 22.5 Å². The minimum absolute atomic E-state index is 0.124. The third-order valence-corrected chi connectivity index (χ3v) is 5.47. The zero-order valence-electron chi connectivity index (χ0n) is 16.4. The van der Waals surface area contributed by atoms with Gasteiger partial charge in [0.1, 0.15) is 0 Å². The van der Waals surface area contributed by atoms with Crippen LogP contribution in [0.3, 0.4) is 0 Å². The van der Waals surface area contributed by atoms with Gasteiger partial charge in [0.15, 0.2) is 0 Å². The Kier molecular flexibility index (Phi) is 6.22. The molecule has 5 heteroatoms. The molecule has 0 aliphatic rings. The predicted octanol–water partition coefficient (Wildman–Crippen LogP) is 5.36. The number of nitrogens with zero attached hydrogens (tertiary/aromatic N) is 1. The number of carboxylic acid groups (broad SMARTS) is 1. The number of rotatable bonds is 7. The third-order valence-electron chi connectivity index (χ3n) is 5.24. The molecule has 0 fully saturated rings. The van der Waals surface area contributed by atoms with E-state index in [4.69, 9.17) is 11.6 Å². The number of carboxylic acids is 1. The normalized spacial score (nSPS) is 12.1. The average molecular weight is 397 g/mol. The molecule has 146 valence electrons. The van der Waals surface area contributed by atoms with Gasteiger partial charge in [0, 0.05) is 41.1 Å². The molecule has 0 unspecified atom stereocenters. The maximum atomic E-state index is 12.0. The number of nitrogens with one attached hydrogen (secondary N) is 1. The Balaban J connectivity index is 1.89. The monoisotopic (exact) mass is 396 g/mol. The molecule has 0 saturated carbocycles. The van der Waals surface area contributed by atoms with Gasteiger partial charge in [0.05, 0.1) is 5.56 Å². The summed E-state index contributed by atoms with van der Waals surface area (Å²) in [4.78, 5) is 12.0. The number of halogens is 1. The van der Waals surface area contributed by atoms with Crippen LogP contribution < -0.4 is 5.32 Å². The quantitative estimate of drug-likeness (QED) is 0.565. The Morgan fingerprint density at radius 3 is 2.46 bits per heavy atom. The Morgan fingerprint density at radius 2 is 1.82 bits per heavy atom. The Hall–Kier alpha value is -2.56. The zero-order valence-corrected chi connectivity index (χ0v) is 17.1. The molecule has 3 aromatic rings. The van der Waals surface area contributed by atoms with Gasteiger partial charge in [-0.15, -0.1) is 0 Å². The molecule has 1 heterocycles. The number of aromatic nitrogens is 1. The molecule has 1 atom stereocenters. The maximum absolute atomic E-state index is 12.0. The summed E-state index contributed by atoms with van der Waals surface area (Å²) in [6.07, 6.45) is 0. The van der Waals surface area contributed by atoms with Crippen LogP contribution in [0.1, 0.15) is 51.4 Å². The van der Waals surface area contributed by atoms with Crippen molar-refractivity contribution in [2.75, 3.05) is 0 Å². The van der Waals surface area contributed by atoms with Crippen molar-refractivity contribution >= 4 is 17.6 Å². The van der Waals surface area contributed by atoms with Crippen LogP contribution in [0.25, 0.3) is 0 Å². The zero-order chi connectivity index (χ0) is 20.3. The predicted molar refractivity (Wildman–Crippen MR) is 113 cm³/mol. The van der Waals surface area contributed by atoms with Crippen LogP contribution in [0.4, 0.5) is 0 Å². The molecule has 0 spiro atoms. The number of hydrogen-bond acceptors (Lipinski definition) is 2. The lowest BCUT2D eigenvalue weighted by atomic mass is 10.1. The van der Waals surface area contributed by atoms with Crippen LogP contribution in [0, 0.1) is 13.8 Å². The first-order valence-corrected chi connectivity index (χ1v) is 9.71. The van der Waals surface area contributed by atoms with Crippen molar-refractivity contribution in [1.29, 1.82) is 0 Å². The van der Waals surface area contributed by atoms with E-state index >= 15 is 0 Å². The fraction of sp³-hybridized carbons (Fsp3) is 0.261. The van der Waals surface area contributed by atoms with Gasteiger partial charge in [-0.05, 0) is 44.0 Å². The van der Waals surface area contributed by atoms with Gasteiger partial charge in [-0.25, -0.2) is 4.79 Å². The first kappa shape index (κ1) is 20.2. The SMILES string of the molecule is Cc1c(CN[C@@H](C)c2ccccc2)c(C(=O)O)c(C)n1Cc1cccc(Cl)c1. The summed E-state index contributed by atoms with van der Waals surface area (Å²) in [5.41, 5.74) is 5.15. The molecule has 2 N–H and O–H groups in total. The molecule has 2 aromatic carbocycles. The topological polar surface area (TPSA) is 54.3 Å². The maximum Gasteiger partial charge on any atom is 0.337 e. The van der Waals surface area contributed by atoms with Crippen LogP contribution in [0.15, 0.2) is 54.6 Å². The molecule has 0 aliphatic carbocycles. The largest absolute Gasteiger partial charge is 0.478 e. The summed E-state index contributed by atoms with van der Waals surface area (Å²) in [5, 5.41) is 14.0. The van der Waals surface area contributed by atoms with Crippen molar-refractivity contribution in [1.82, 2.24) is 9.88 Å². The highest BCUT2D eigenvalue weighted by Gasteiger charge is 2.23. The van der Waals surface area contributed by atoms with Crippen molar-refractivity contribution in [2.24, 2.45) is 0 Å². The van der Waals surface area contributed by atoms with Gasteiger partial charge in [-0.1, -0.05) is 54.1 Å². The van der Waals surface area contributed by atoms with Gasteiger partial charge >= 0.3 is 5.97 Å². The second-order valence-corrected chi connectivity index (χ2v) is 7.50. The van der Waals surface area contributed by atoms with Crippen molar-refractivity contribution in [3.05, 3.63) is 93.3 Å². The highest BCUT2D eigenvalue weighted by atomic mass is 35.5. The molecule has 28 heavy (non-hydrogen) atoms. The van der Waals surface area contributed by atoms with Crippen molar-refractivity contribution in [2.45, 2.75) is 39.9 Å². The van der Waals surface area contributed by atoms with Gasteiger partial charge < -0.3 is 15.0 Å². The van der Waals surface area contributed by atoms with Crippen molar-refractivity contribution in [3.63, 3.8) is 0 Å². The molecule has 0 saturated heterocycles. The van der Waals surface area contributed by atoms with E-state index in [9.17, 15) is 9.90 Å². The van der Waals surface area contributed by atoms with E-state index < -0.39 is 5.97 Å². The van der Waals surface area contributed by atoms with E-state index in [1.165, 1.54) is 5.56 Å². The Morgan fingerprint density at radius 1 is 1.11 bits per heavy atom. The summed E-state index contributed by atoms with van der Waals surface area (Å²) in [7, 11) is 0. The first-order chi connectivity index (χ1) is 13.4. The molecule has 4 nitrogen and oxygen atoms in total. The fourth-order valence-corrected chi connectivity index (χ4v) is 3.83. The molecule has 0 radical (unpaired) electrons. The Labute approximate surface area is 170 Å². The van der Waals surface area contributed by atoms with E-state index in [0.29, 0.717) is 23.7 Å². The fourth-order valence-electron chi connectivity index (χ4n) is 3.62. The molecule has 0 amide bonds. The van der Waals surface area contributed by atoms with Crippen LogP contribution >= 0.6 is 11.6 Å². The lowest BCUT2D eigenvalue weighted by Crippen LogP contribution is -2.19. The van der Waals surface area contributed by atoms with Gasteiger partial charge in [0.25, 0.3) is 0 Å². The summed E-state index contributed by atoms with van der Waals surface area (Å²) in [6.45, 7) is 7.01. The number of carbonyl (C=O) groups is 1. The van der Waals surface area contributed by atoms with E-state index in [1.807, 2.05) is 56.3 Å². The summed E-state index contributed by atoms with van der Waals surface area (Å²) >= 11 is 6.11. The first-order valence-electron chi connectivity index (χ1n) is 9.33. The molecule has 0 aliphatic heterocycles. The Bertz CT molecular complexity index is 980. The number of benzene rings is 2. The molecular weight excluding hydrogens is 372 g/mol. The standard InChI is InChI=1S/C23H25ClN2O2/c1-15(19-9-5-4-6-10-19)25-13-21-16(2)26(17(3)22(21)23(27)28)14-18-8-7-11-20(24)12-18/h4-12,15,25H,13-14H2,1-3H3,(H,27,28)/t15-/m0/s1. The van der Waals surface area contributed by atoms with Crippen LogP contribution in [-0.4, -0.2) is 15.6 Å². The number of aromatic carboxylic acids is 1. The summed E-state index contributed by atoms with van der Waals surface area (Å²) in [6, 6.07) is 17.9. The summed E-state index contributed by atoms with van der Waals surface area (Å²) < 4.78 is 2.05. The molecule has 1 aromatic heterocycles. The van der Waals surface area contributed by atoms with Crippen molar-refractivity contribution < 1.29 is 9.90 Å². The summed E-state index contributed by atoms with van der Waals surface area (Å²) in [5.74, 6) is -0.894. The van der Waals surface area contributed by atoms with Crippen LogP contribution in [0.2, 0.25) is 5.02 Å². The highest BCUT2D eigenvalue weighted by Crippen LogP contribution is 2.25. The van der Waals surface area contributed by atoms with E-state index in [2.05, 4.69) is 28.9 Å².